The number of aryl methyl sites for hydroxylation is 1. The van der Waals surface area contributed by atoms with E-state index in [2.05, 4.69) is 30.7 Å². The van der Waals surface area contributed by atoms with Crippen molar-refractivity contribution in [1.29, 1.82) is 0 Å². The summed E-state index contributed by atoms with van der Waals surface area (Å²) in [6.07, 6.45) is 5.61. The Hall–Kier alpha value is -1.15. The van der Waals surface area contributed by atoms with Crippen molar-refractivity contribution < 1.29 is 0 Å². The van der Waals surface area contributed by atoms with E-state index in [0.717, 1.165) is 6.54 Å². The van der Waals surface area contributed by atoms with E-state index in [1.54, 1.807) is 0 Å². The zero-order valence-corrected chi connectivity index (χ0v) is 8.25. The van der Waals surface area contributed by atoms with Crippen molar-refractivity contribution in [2.24, 2.45) is 0 Å². The lowest BCUT2D eigenvalue weighted by atomic mass is 10.1. The molecular weight excluding hydrogens is 160 g/mol. The number of pyridine rings is 1. The van der Waals surface area contributed by atoms with Gasteiger partial charge in [-0.3, -0.25) is 4.98 Å². The van der Waals surface area contributed by atoms with Crippen LogP contribution in [0, 0.1) is 6.92 Å². The van der Waals surface area contributed by atoms with Crippen LogP contribution in [0.4, 0.5) is 0 Å². The molecule has 0 amide bonds. The molecule has 0 aliphatic carbocycles. The normalized spacial score (nSPS) is 12.5. The molecule has 1 aromatic heterocycles. The van der Waals surface area contributed by atoms with Crippen LogP contribution in [0.25, 0.3) is 0 Å². The summed E-state index contributed by atoms with van der Waals surface area (Å²) in [6.45, 7) is 8.75. The summed E-state index contributed by atoms with van der Waals surface area (Å²) in [6, 6.07) is 2.37. The molecule has 1 atom stereocenters. The maximum Gasteiger partial charge on any atom is 0.0315 e. The Kier molecular flexibility index (Phi) is 3.65. The van der Waals surface area contributed by atoms with E-state index in [4.69, 9.17) is 0 Å². The minimum absolute atomic E-state index is 0.347. The Morgan fingerprint density at radius 3 is 3.08 bits per heavy atom. The number of rotatable bonds is 4. The van der Waals surface area contributed by atoms with Crippen molar-refractivity contribution in [1.82, 2.24) is 10.3 Å². The topological polar surface area (TPSA) is 24.9 Å². The molecule has 0 bridgehead atoms. The Labute approximate surface area is 79.7 Å². The van der Waals surface area contributed by atoms with Gasteiger partial charge in [0.05, 0.1) is 0 Å². The summed E-state index contributed by atoms with van der Waals surface area (Å²) < 4.78 is 0. The largest absolute Gasteiger partial charge is 0.307 e. The molecule has 1 rings (SSSR count). The summed E-state index contributed by atoms with van der Waals surface area (Å²) >= 11 is 0. The van der Waals surface area contributed by atoms with E-state index >= 15 is 0 Å². The van der Waals surface area contributed by atoms with Crippen LogP contribution in [0.2, 0.25) is 0 Å². The fourth-order valence-electron chi connectivity index (χ4n) is 1.04. The fourth-order valence-corrected chi connectivity index (χ4v) is 1.04. The van der Waals surface area contributed by atoms with Gasteiger partial charge in [0.15, 0.2) is 0 Å². The maximum atomic E-state index is 4.08. The molecular formula is C11H16N2. The summed E-state index contributed by atoms with van der Waals surface area (Å²) in [5, 5.41) is 3.33. The summed E-state index contributed by atoms with van der Waals surface area (Å²) in [7, 11) is 0. The zero-order valence-electron chi connectivity index (χ0n) is 8.25. The van der Waals surface area contributed by atoms with Crippen molar-refractivity contribution in [2.75, 3.05) is 0 Å². The van der Waals surface area contributed by atoms with Crippen LogP contribution in [-0.4, -0.2) is 11.0 Å². The lowest BCUT2D eigenvalue weighted by Crippen LogP contribution is -2.23. The number of hydrogen-bond acceptors (Lipinski definition) is 2. The minimum atomic E-state index is 0.347. The molecule has 2 nitrogen and oxygen atoms in total. The molecule has 70 valence electrons. The Morgan fingerprint density at radius 2 is 2.46 bits per heavy atom. The summed E-state index contributed by atoms with van der Waals surface area (Å²) in [5.41, 5.74) is 2.52. The van der Waals surface area contributed by atoms with Gasteiger partial charge < -0.3 is 5.32 Å². The van der Waals surface area contributed by atoms with Crippen LogP contribution in [0.5, 0.6) is 0 Å². The molecule has 0 saturated carbocycles. The fraction of sp³-hybridized carbons (Fsp3) is 0.364. The van der Waals surface area contributed by atoms with E-state index in [-0.39, 0.29) is 0 Å². The predicted octanol–water partition coefficient (Wildman–Crippen LogP) is 2.05. The molecule has 1 aromatic rings. The smallest absolute Gasteiger partial charge is 0.0315 e. The lowest BCUT2D eigenvalue weighted by Gasteiger charge is -2.10. The first-order valence-corrected chi connectivity index (χ1v) is 4.49. The van der Waals surface area contributed by atoms with E-state index in [1.165, 1.54) is 11.1 Å². The highest BCUT2D eigenvalue weighted by atomic mass is 14.9. The molecule has 0 fully saturated rings. The Bertz CT molecular complexity index is 281. The number of nitrogens with one attached hydrogen (secondary N) is 1. The molecule has 0 spiro atoms. The molecule has 0 aliphatic heterocycles. The third-order valence-corrected chi connectivity index (χ3v) is 2.12. The van der Waals surface area contributed by atoms with Gasteiger partial charge in [0.1, 0.15) is 0 Å². The average molecular weight is 176 g/mol. The molecule has 13 heavy (non-hydrogen) atoms. The molecule has 1 unspecified atom stereocenters. The molecule has 0 saturated heterocycles. The summed E-state index contributed by atoms with van der Waals surface area (Å²) in [4.78, 5) is 4.08. The third-order valence-electron chi connectivity index (χ3n) is 2.12. The van der Waals surface area contributed by atoms with E-state index in [0.29, 0.717) is 6.04 Å². The van der Waals surface area contributed by atoms with Crippen LogP contribution in [-0.2, 0) is 6.54 Å². The molecule has 0 radical (unpaired) electrons. The predicted molar refractivity (Wildman–Crippen MR) is 55.5 cm³/mol. The van der Waals surface area contributed by atoms with Gasteiger partial charge in [-0.1, -0.05) is 6.08 Å². The van der Waals surface area contributed by atoms with Gasteiger partial charge in [-0.25, -0.2) is 0 Å². The zero-order chi connectivity index (χ0) is 9.68. The van der Waals surface area contributed by atoms with Crippen LogP contribution in [0.15, 0.2) is 31.1 Å². The lowest BCUT2D eigenvalue weighted by molar-refractivity contribution is 0.631. The first kappa shape index (κ1) is 9.93. The van der Waals surface area contributed by atoms with Crippen LogP contribution < -0.4 is 5.32 Å². The van der Waals surface area contributed by atoms with Crippen LogP contribution >= 0.6 is 0 Å². The van der Waals surface area contributed by atoms with Gasteiger partial charge in [0.25, 0.3) is 0 Å². The second kappa shape index (κ2) is 4.77. The van der Waals surface area contributed by atoms with Gasteiger partial charge >= 0.3 is 0 Å². The second-order valence-electron chi connectivity index (χ2n) is 3.21. The monoisotopic (exact) mass is 176 g/mol. The minimum Gasteiger partial charge on any atom is -0.307 e. The molecule has 2 heteroatoms. The number of nitrogens with zero attached hydrogens (tertiary/aromatic N) is 1. The van der Waals surface area contributed by atoms with Crippen molar-refractivity contribution >= 4 is 0 Å². The average Bonchev–Trinajstić information content (AvgIpc) is 2.16. The van der Waals surface area contributed by atoms with Crippen LogP contribution in [0.1, 0.15) is 18.1 Å². The van der Waals surface area contributed by atoms with Crippen molar-refractivity contribution in [2.45, 2.75) is 26.4 Å². The van der Waals surface area contributed by atoms with Crippen molar-refractivity contribution in [3.05, 3.63) is 42.2 Å². The number of aromatic nitrogens is 1. The van der Waals surface area contributed by atoms with E-state index < -0.39 is 0 Å². The highest BCUT2D eigenvalue weighted by Gasteiger charge is 1.98. The van der Waals surface area contributed by atoms with Crippen molar-refractivity contribution in [3.8, 4) is 0 Å². The molecule has 0 aliphatic rings. The SMILES string of the molecule is C=CC(C)NCc1cnccc1C. The highest BCUT2D eigenvalue weighted by molar-refractivity contribution is 5.21. The van der Waals surface area contributed by atoms with Gasteiger partial charge in [0.2, 0.25) is 0 Å². The third kappa shape index (κ3) is 2.99. The second-order valence-corrected chi connectivity index (χ2v) is 3.21. The first-order valence-electron chi connectivity index (χ1n) is 4.49. The van der Waals surface area contributed by atoms with Crippen LogP contribution in [0.3, 0.4) is 0 Å². The standard InChI is InChI=1S/C11H16N2/c1-4-10(3)13-8-11-7-12-6-5-9(11)2/h4-7,10,13H,1,8H2,2-3H3. The van der Waals surface area contributed by atoms with Gasteiger partial charge in [-0.15, -0.1) is 6.58 Å². The van der Waals surface area contributed by atoms with Gasteiger partial charge in [-0.2, -0.15) is 0 Å². The first-order chi connectivity index (χ1) is 6.24. The Morgan fingerprint density at radius 1 is 1.69 bits per heavy atom. The van der Waals surface area contributed by atoms with Gasteiger partial charge in [0, 0.05) is 25.0 Å². The quantitative estimate of drug-likeness (QED) is 0.710. The summed E-state index contributed by atoms with van der Waals surface area (Å²) in [5.74, 6) is 0. The molecule has 1 N–H and O–H groups in total. The molecule has 0 aromatic carbocycles. The van der Waals surface area contributed by atoms with E-state index in [1.807, 2.05) is 24.5 Å². The van der Waals surface area contributed by atoms with E-state index in [9.17, 15) is 0 Å². The van der Waals surface area contributed by atoms with Gasteiger partial charge in [-0.05, 0) is 31.0 Å². The highest BCUT2D eigenvalue weighted by Crippen LogP contribution is 2.04. The number of hydrogen-bond donors (Lipinski definition) is 1. The maximum absolute atomic E-state index is 4.08. The Balaban J connectivity index is 2.54. The molecule has 1 heterocycles. The van der Waals surface area contributed by atoms with Crippen molar-refractivity contribution in [3.63, 3.8) is 0 Å².